The molecule has 2 aromatic rings. The number of carbonyl (C=O) groups is 1. The van der Waals surface area contributed by atoms with Crippen LogP contribution in [0.3, 0.4) is 0 Å². The fraction of sp³-hybridized carbons (Fsp3) is 0.429. The zero-order chi connectivity index (χ0) is 14.6. The van der Waals surface area contributed by atoms with Crippen molar-refractivity contribution in [3.63, 3.8) is 0 Å². The molecule has 0 fully saturated rings. The largest absolute Gasteiger partial charge is 0.444 e. The Labute approximate surface area is 117 Å². The second-order valence-corrected chi connectivity index (χ2v) is 5.46. The Morgan fingerprint density at radius 1 is 1.30 bits per heavy atom. The fourth-order valence-electron chi connectivity index (χ4n) is 1.70. The lowest BCUT2D eigenvalue weighted by Crippen LogP contribution is -2.35. The van der Waals surface area contributed by atoms with E-state index >= 15 is 0 Å². The third-order valence-electron chi connectivity index (χ3n) is 2.48. The quantitative estimate of drug-likeness (QED) is 0.750. The van der Waals surface area contributed by atoms with Crippen molar-refractivity contribution in [1.82, 2.24) is 15.3 Å². The van der Waals surface area contributed by atoms with Crippen LogP contribution in [-0.2, 0) is 4.74 Å². The lowest BCUT2D eigenvalue weighted by Gasteiger charge is -2.19. The summed E-state index contributed by atoms with van der Waals surface area (Å²) in [6.07, 6.45) is -0.413. The highest BCUT2D eigenvalue weighted by atomic mass is 16.6. The van der Waals surface area contributed by atoms with Crippen LogP contribution in [0, 0.1) is 0 Å². The first kappa shape index (κ1) is 14.2. The molecule has 108 valence electrons. The van der Waals surface area contributed by atoms with Crippen molar-refractivity contribution in [3.05, 3.63) is 24.3 Å². The van der Waals surface area contributed by atoms with Crippen LogP contribution in [0.1, 0.15) is 20.8 Å². The first-order valence-corrected chi connectivity index (χ1v) is 6.59. The number of hydrogen-bond acceptors (Lipinski definition) is 4. The van der Waals surface area contributed by atoms with Crippen molar-refractivity contribution < 1.29 is 9.53 Å². The van der Waals surface area contributed by atoms with Crippen LogP contribution in [-0.4, -0.2) is 34.8 Å². The smallest absolute Gasteiger partial charge is 0.407 e. The molecule has 0 aliphatic heterocycles. The molecule has 0 atom stereocenters. The molecule has 6 nitrogen and oxygen atoms in total. The van der Waals surface area contributed by atoms with Crippen LogP contribution in [0.4, 0.5) is 10.7 Å². The summed E-state index contributed by atoms with van der Waals surface area (Å²) in [6, 6.07) is 7.80. The highest BCUT2D eigenvalue weighted by Gasteiger charge is 2.15. The van der Waals surface area contributed by atoms with E-state index in [1.54, 1.807) is 0 Å². The van der Waals surface area contributed by atoms with Crippen molar-refractivity contribution in [2.45, 2.75) is 26.4 Å². The summed E-state index contributed by atoms with van der Waals surface area (Å²) in [4.78, 5) is 19.0. The Bertz CT molecular complexity index is 553. The number of aromatic amines is 1. The van der Waals surface area contributed by atoms with Gasteiger partial charge < -0.3 is 20.4 Å². The molecule has 0 aliphatic rings. The predicted molar refractivity (Wildman–Crippen MR) is 78.8 cm³/mol. The molecule has 0 aliphatic carbocycles. The number of aromatic nitrogens is 2. The molecule has 20 heavy (non-hydrogen) atoms. The van der Waals surface area contributed by atoms with Crippen molar-refractivity contribution in [3.8, 4) is 0 Å². The van der Waals surface area contributed by atoms with Crippen LogP contribution >= 0.6 is 0 Å². The average molecular weight is 276 g/mol. The number of hydrogen-bond donors (Lipinski definition) is 3. The number of imidazole rings is 1. The number of amides is 1. The van der Waals surface area contributed by atoms with Crippen LogP contribution in [0.2, 0.25) is 0 Å². The Hall–Kier alpha value is -2.24. The molecule has 0 radical (unpaired) electrons. The monoisotopic (exact) mass is 276 g/mol. The molecule has 1 aromatic heterocycles. The van der Waals surface area contributed by atoms with Crippen LogP contribution in [0.15, 0.2) is 24.3 Å². The third kappa shape index (κ3) is 4.15. The number of fused-ring (bicyclic) bond motifs is 1. The molecule has 0 saturated heterocycles. The molecule has 2 rings (SSSR count). The molecule has 3 N–H and O–H groups in total. The minimum Gasteiger partial charge on any atom is -0.444 e. The van der Waals surface area contributed by atoms with Gasteiger partial charge in [0.15, 0.2) is 0 Å². The van der Waals surface area contributed by atoms with Gasteiger partial charge in [-0.15, -0.1) is 0 Å². The maximum absolute atomic E-state index is 11.4. The fourth-order valence-corrected chi connectivity index (χ4v) is 1.70. The van der Waals surface area contributed by atoms with Gasteiger partial charge in [-0.2, -0.15) is 0 Å². The van der Waals surface area contributed by atoms with E-state index in [0.29, 0.717) is 19.0 Å². The number of ether oxygens (including phenoxy) is 1. The molecular formula is C14H20N4O2. The Kier molecular flexibility index (Phi) is 4.12. The van der Waals surface area contributed by atoms with Crippen LogP contribution in [0.5, 0.6) is 0 Å². The zero-order valence-corrected chi connectivity index (χ0v) is 12.0. The van der Waals surface area contributed by atoms with Gasteiger partial charge in [-0.25, -0.2) is 9.78 Å². The van der Waals surface area contributed by atoms with Crippen molar-refractivity contribution in [2.24, 2.45) is 0 Å². The second kappa shape index (κ2) is 5.81. The van der Waals surface area contributed by atoms with Gasteiger partial charge in [-0.3, -0.25) is 0 Å². The van der Waals surface area contributed by atoms with E-state index in [0.717, 1.165) is 11.0 Å². The number of anilines is 1. The summed E-state index contributed by atoms with van der Waals surface area (Å²) in [5.74, 6) is 0.692. The first-order valence-electron chi connectivity index (χ1n) is 6.59. The highest BCUT2D eigenvalue weighted by molar-refractivity contribution is 5.77. The summed E-state index contributed by atoms with van der Waals surface area (Å²) in [5, 5.41) is 5.79. The predicted octanol–water partition coefficient (Wildman–Crippen LogP) is 2.50. The number of nitrogens with zero attached hydrogens (tertiary/aromatic N) is 1. The maximum Gasteiger partial charge on any atom is 0.407 e. The minimum absolute atomic E-state index is 0.413. The number of para-hydroxylation sites is 2. The molecule has 0 unspecified atom stereocenters. The van der Waals surface area contributed by atoms with Gasteiger partial charge in [-0.05, 0) is 32.9 Å². The maximum atomic E-state index is 11.4. The number of nitrogens with one attached hydrogen (secondary N) is 3. The Morgan fingerprint density at radius 3 is 2.75 bits per heavy atom. The van der Waals surface area contributed by atoms with Gasteiger partial charge in [0.05, 0.1) is 11.0 Å². The van der Waals surface area contributed by atoms with Crippen molar-refractivity contribution >= 4 is 23.1 Å². The van der Waals surface area contributed by atoms with Crippen LogP contribution < -0.4 is 10.6 Å². The Balaban J connectivity index is 1.74. The number of carbonyl (C=O) groups excluding carboxylic acids is 1. The molecule has 6 heteroatoms. The molecular weight excluding hydrogens is 256 g/mol. The van der Waals surface area contributed by atoms with Gasteiger partial charge in [-0.1, -0.05) is 12.1 Å². The van der Waals surface area contributed by atoms with E-state index < -0.39 is 11.7 Å². The average Bonchev–Trinajstić information content (AvgIpc) is 2.75. The minimum atomic E-state index is -0.476. The molecule has 1 amide bonds. The number of alkyl carbamates (subject to hydrolysis) is 1. The summed E-state index contributed by atoms with van der Waals surface area (Å²) in [5.41, 5.74) is 1.42. The number of H-pyrrole nitrogens is 1. The number of rotatable bonds is 4. The number of benzene rings is 1. The second-order valence-electron chi connectivity index (χ2n) is 5.46. The van der Waals surface area contributed by atoms with E-state index in [1.165, 1.54) is 0 Å². The molecule has 1 aromatic carbocycles. The normalized spacial score (nSPS) is 11.3. The van der Waals surface area contributed by atoms with Gasteiger partial charge in [0, 0.05) is 13.1 Å². The van der Waals surface area contributed by atoms with Gasteiger partial charge >= 0.3 is 6.09 Å². The zero-order valence-electron chi connectivity index (χ0n) is 12.0. The van der Waals surface area contributed by atoms with Gasteiger partial charge in [0.25, 0.3) is 0 Å². The topological polar surface area (TPSA) is 79.0 Å². The standard InChI is InChI=1S/C14H20N4O2/c1-14(2,3)20-13(19)16-9-8-15-12-17-10-6-4-5-7-11(10)18-12/h4-7H,8-9H2,1-3H3,(H,16,19)(H2,15,17,18). The van der Waals surface area contributed by atoms with E-state index in [4.69, 9.17) is 4.74 Å². The first-order chi connectivity index (χ1) is 9.44. The SMILES string of the molecule is CC(C)(C)OC(=O)NCCNc1nc2ccccc2[nH]1. The molecule has 0 bridgehead atoms. The summed E-state index contributed by atoms with van der Waals surface area (Å²) >= 11 is 0. The van der Waals surface area contributed by atoms with Crippen molar-refractivity contribution in [2.75, 3.05) is 18.4 Å². The lowest BCUT2D eigenvalue weighted by molar-refractivity contribution is 0.0530. The summed E-state index contributed by atoms with van der Waals surface area (Å²) < 4.78 is 5.14. The van der Waals surface area contributed by atoms with Crippen molar-refractivity contribution in [1.29, 1.82) is 0 Å². The van der Waals surface area contributed by atoms with Crippen LogP contribution in [0.25, 0.3) is 11.0 Å². The van der Waals surface area contributed by atoms with Gasteiger partial charge in [0.2, 0.25) is 5.95 Å². The highest BCUT2D eigenvalue weighted by Crippen LogP contribution is 2.12. The van der Waals surface area contributed by atoms with Gasteiger partial charge in [0.1, 0.15) is 5.60 Å². The molecule has 0 spiro atoms. The summed E-state index contributed by atoms with van der Waals surface area (Å²) in [6.45, 7) is 6.53. The van der Waals surface area contributed by atoms with E-state index in [1.807, 2.05) is 45.0 Å². The third-order valence-corrected chi connectivity index (χ3v) is 2.48. The van der Waals surface area contributed by atoms with E-state index in [-0.39, 0.29) is 0 Å². The van der Waals surface area contributed by atoms with E-state index in [2.05, 4.69) is 20.6 Å². The van der Waals surface area contributed by atoms with E-state index in [9.17, 15) is 4.79 Å². The lowest BCUT2D eigenvalue weighted by atomic mass is 10.2. The molecule has 1 heterocycles. The Morgan fingerprint density at radius 2 is 2.05 bits per heavy atom. The summed E-state index contributed by atoms with van der Waals surface area (Å²) in [7, 11) is 0. The molecule has 0 saturated carbocycles.